The number of amides is 1. The van der Waals surface area contributed by atoms with Crippen molar-refractivity contribution in [3.8, 4) is 16.9 Å². The van der Waals surface area contributed by atoms with E-state index < -0.39 is 6.09 Å². The minimum atomic E-state index is -0.909. The summed E-state index contributed by atoms with van der Waals surface area (Å²) in [4.78, 5) is 12.8. The Labute approximate surface area is 150 Å². The molecule has 0 fully saturated rings. The molecular formula is C20H18N2O4. The smallest absolute Gasteiger partial charge is 0.407 e. The normalized spacial score (nSPS) is 13.3. The van der Waals surface area contributed by atoms with E-state index in [0.29, 0.717) is 31.9 Å². The van der Waals surface area contributed by atoms with Crippen LogP contribution in [0.5, 0.6) is 5.75 Å². The van der Waals surface area contributed by atoms with Crippen molar-refractivity contribution in [1.82, 2.24) is 10.1 Å². The third kappa shape index (κ3) is 3.26. The third-order valence-electron chi connectivity index (χ3n) is 4.57. The molecule has 0 atom stereocenters. The SMILES string of the molecule is O=C(O)N1CCc2cc(-c3cnoc3)cc(OCc3ccccc3)c2C1. The topological polar surface area (TPSA) is 75.8 Å². The first-order valence-corrected chi connectivity index (χ1v) is 8.41. The molecule has 0 unspecified atom stereocenters. The number of carboxylic acid groups (broad SMARTS) is 1. The highest BCUT2D eigenvalue weighted by Gasteiger charge is 2.24. The Morgan fingerprint density at radius 3 is 2.81 bits per heavy atom. The molecule has 4 rings (SSSR count). The second kappa shape index (κ2) is 6.92. The van der Waals surface area contributed by atoms with E-state index in [1.807, 2.05) is 36.4 Å². The lowest BCUT2D eigenvalue weighted by molar-refractivity contribution is 0.139. The van der Waals surface area contributed by atoms with Crippen molar-refractivity contribution in [1.29, 1.82) is 0 Å². The Kier molecular flexibility index (Phi) is 4.31. The van der Waals surface area contributed by atoms with E-state index in [1.165, 1.54) is 4.90 Å². The highest BCUT2D eigenvalue weighted by molar-refractivity contribution is 5.69. The molecule has 0 radical (unpaired) electrons. The van der Waals surface area contributed by atoms with Gasteiger partial charge < -0.3 is 19.3 Å². The zero-order valence-corrected chi connectivity index (χ0v) is 14.1. The van der Waals surface area contributed by atoms with Crippen LogP contribution in [0.1, 0.15) is 16.7 Å². The number of rotatable bonds is 4. The van der Waals surface area contributed by atoms with Crippen molar-refractivity contribution in [3.63, 3.8) is 0 Å². The lowest BCUT2D eigenvalue weighted by Gasteiger charge is -2.28. The summed E-state index contributed by atoms with van der Waals surface area (Å²) in [6.07, 6.45) is 3.00. The monoisotopic (exact) mass is 350 g/mol. The van der Waals surface area contributed by atoms with E-state index in [1.54, 1.807) is 12.5 Å². The summed E-state index contributed by atoms with van der Waals surface area (Å²) in [5.74, 6) is 0.702. The van der Waals surface area contributed by atoms with Gasteiger partial charge in [-0.05, 0) is 29.2 Å². The van der Waals surface area contributed by atoms with Crippen LogP contribution in [0.25, 0.3) is 11.1 Å². The van der Waals surface area contributed by atoms with Crippen LogP contribution in [0.15, 0.2) is 59.4 Å². The highest BCUT2D eigenvalue weighted by Crippen LogP contribution is 2.34. The number of aromatic nitrogens is 1. The molecule has 132 valence electrons. The van der Waals surface area contributed by atoms with Crippen LogP contribution in [0.3, 0.4) is 0 Å². The summed E-state index contributed by atoms with van der Waals surface area (Å²) in [5, 5.41) is 13.1. The molecule has 0 bridgehead atoms. The maximum Gasteiger partial charge on any atom is 0.407 e. The molecule has 0 aliphatic carbocycles. The molecule has 2 aromatic carbocycles. The maximum atomic E-state index is 11.4. The summed E-state index contributed by atoms with van der Waals surface area (Å²) in [7, 11) is 0. The van der Waals surface area contributed by atoms with Gasteiger partial charge in [0.2, 0.25) is 0 Å². The van der Waals surface area contributed by atoms with Gasteiger partial charge in [-0.25, -0.2) is 4.79 Å². The van der Waals surface area contributed by atoms with Gasteiger partial charge in [-0.1, -0.05) is 41.6 Å². The van der Waals surface area contributed by atoms with Gasteiger partial charge in [0.1, 0.15) is 18.6 Å². The van der Waals surface area contributed by atoms with E-state index in [4.69, 9.17) is 9.26 Å². The minimum Gasteiger partial charge on any atom is -0.489 e. The molecule has 1 aromatic heterocycles. The Balaban J connectivity index is 1.69. The van der Waals surface area contributed by atoms with E-state index >= 15 is 0 Å². The summed E-state index contributed by atoms with van der Waals surface area (Å²) < 4.78 is 11.0. The molecular weight excluding hydrogens is 332 g/mol. The Bertz CT molecular complexity index is 907. The van der Waals surface area contributed by atoms with Crippen LogP contribution in [0, 0.1) is 0 Å². The first-order chi connectivity index (χ1) is 12.7. The predicted molar refractivity (Wildman–Crippen MR) is 94.9 cm³/mol. The van der Waals surface area contributed by atoms with Gasteiger partial charge in [0.15, 0.2) is 0 Å². The van der Waals surface area contributed by atoms with E-state index in [9.17, 15) is 9.90 Å². The standard InChI is InChI=1S/C20H18N2O4/c23-20(24)22-7-6-15-8-16(17-10-21-26-13-17)9-19(18(15)11-22)25-12-14-4-2-1-3-5-14/h1-5,8-10,13H,6-7,11-12H2,(H,23,24). The lowest BCUT2D eigenvalue weighted by Crippen LogP contribution is -2.35. The van der Waals surface area contributed by atoms with Crippen molar-refractivity contribution in [3.05, 3.63) is 71.6 Å². The molecule has 0 saturated carbocycles. The second-order valence-electron chi connectivity index (χ2n) is 6.25. The van der Waals surface area contributed by atoms with Crippen molar-refractivity contribution >= 4 is 6.09 Å². The first-order valence-electron chi connectivity index (χ1n) is 8.41. The summed E-state index contributed by atoms with van der Waals surface area (Å²) in [6, 6.07) is 13.9. The third-order valence-corrected chi connectivity index (χ3v) is 4.57. The van der Waals surface area contributed by atoms with Gasteiger partial charge in [0.05, 0.1) is 12.7 Å². The molecule has 3 aromatic rings. The molecule has 6 heteroatoms. The zero-order valence-electron chi connectivity index (χ0n) is 14.1. The van der Waals surface area contributed by atoms with Gasteiger partial charge in [0, 0.05) is 17.7 Å². The number of ether oxygens (including phenoxy) is 1. The first kappa shape index (κ1) is 16.2. The van der Waals surface area contributed by atoms with Crippen molar-refractivity contribution < 1.29 is 19.2 Å². The number of hydrogen-bond acceptors (Lipinski definition) is 4. The average Bonchev–Trinajstić information content (AvgIpc) is 3.21. The molecule has 2 heterocycles. The predicted octanol–water partition coefficient (Wildman–Crippen LogP) is 3.96. The van der Waals surface area contributed by atoms with Crippen LogP contribution < -0.4 is 4.74 Å². The Morgan fingerprint density at radius 2 is 2.08 bits per heavy atom. The van der Waals surface area contributed by atoms with E-state index in [0.717, 1.165) is 27.8 Å². The Morgan fingerprint density at radius 1 is 1.23 bits per heavy atom. The fraction of sp³-hybridized carbons (Fsp3) is 0.200. The molecule has 0 saturated heterocycles. The maximum absolute atomic E-state index is 11.4. The summed E-state index contributed by atoms with van der Waals surface area (Å²) in [6.45, 7) is 1.24. The minimum absolute atomic E-state index is 0.332. The van der Waals surface area contributed by atoms with Crippen LogP contribution >= 0.6 is 0 Å². The zero-order chi connectivity index (χ0) is 17.9. The Hall–Kier alpha value is -3.28. The van der Waals surface area contributed by atoms with Crippen LogP contribution in [0.4, 0.5) is 4.79 Å². The van der Waals surface area contributed by atoms with Gasteiger partial charge >= 0.3 is 6.09 Å². The lowest BCUT2D eigenvalue weighted by atomic mass is 9.94. The van der Waals surface area contributed by atoms with Crippen LogP contribution in [-0.2, 0) is 19.6 Å². The second-order valence-corrected chi connectivity index (χ2v) is 6.25. The number of fused-ring (bicyclic) bond motifs is 1. The molecule has 0 spiro atoms. The molecule has 1 N–H and O–H groups in total. The van der Waals surface area contributed by atoms with Gasteiger partial charge in [0.25, 0.3) is 0 Å². The van der Waals surface area contributed by atoms with E-state index in [-0.39, 0.29) is 0 Å². The molecule has 1 amide bonds. The number of nitrogens with zero attached hydrogens (tertiary/aromatic N) is 2. The van der Waals surface area contributed by atoms with Gasteiger partial charge in [-0.2, -0.15) is 0 Å². The average molecular weight is 350 g/mol. The van der Waals surface area contributed by atoms with Crippen LogP contribution in [-0.4, -0.2) is 27.8 Å². The van der Waals surface area contributed by atoms with Crippen molar-refractivity contribution in [2.24, 2.45) is 0 Å². The number of carbonyl (C=O) groups is 1. The molecule has 6 nitrogen and oxygen atoms in total. The summed E-state index contributed by atoms with van der Waals surface area (Å²) in [5.41, 5.74) is 4.91. The fourth-order valence-electron chi connectivity index (χ4n) is 3.17. The fourth-order valence-corrected chi connectivity index (χ4v) is 3.17. The van der Waals surface area contributed by atoms with Gasteiger partial charge in [-0.3, -0.25) is 0 Å². The van der Waals surface area contributed by atoms with Crippen LogP contribution in [0.2, 0.25) is 0 Å². The highest BCUT2D eigenvalue weighted by atomic mass is 16.5. The summed E-state index contributed by atoms with van der Waals surface area (Å²) >= 11 is 0. The quantitative estimate of drug-likeness (QED) is 0.771. The van der Waals surface area contributed by atoms with Gasteiger partial charge in [-0.15, -0.1) is 0 Å². The molecule has 1 aliphatic rings. The molecule has 26 heavy (non-hydrogen) atoms. The van der Waals surface area contributed by atoms with E-state index in [2.05, 4.69) is 11.2 Å². The van der Waals surface area contributed by atoms with Crippen molar-refractivity contribution in [2.75, 3.05) is 6.54 Å². The number of hydrogen-bond donors (Lipinski definition) is 1. The number of benzene rings is 2. The molecule has 1 aliphatic heterocycles. The van der Waals surface area contributed by atoms with Crippen molar-refractivity contribution in [2.45, 2.75) is 19.6 Å². The largest absolute Gasteiger partial charge is 0.489 e.